The molecule has 0 spiro atoms. The Balaban J connectivity index is 1.25. The van der Waals surface area contributed by atoms with Gasteiger partial charge in [-0.15, -0.1) is 0 Å². The van der Waals surface area contributed by atoms with E-state index in [1.807, 2.05) is 72.8 Å². The van der Waals surface area contributed by atoms with Crippen molar-refractivity contribution < 1.29 is 4.42 Å². The number of fused-ring (bicyclic) bond motifs is 8. The highest BCUT2D eigenvalue weighted by Crippen LogP contribution is 2.44. The van der Waals surface area contributed by atoms with Gasteiger partial charge in [0, 0.05) is 38.2 Å². The van der Waals surface area contributed by atoms with E-state index in [1.165, 1.54) is 21.5 Å². The van der Waals surface area contributed by atoms with E-state index in [0.29, 0.717) is 17.5 Å². The zero-order valence-corrected chi connectivity index (χ0v) is 29.0. The standard InChI is InChI=1S/C49H30N4O/c1-4-15-31(16-5-1)35-29-39-45-38(49-51-47(33-18-6-2-7-19-33)50-48(52-49)34-20-8-3-9-21-34)24-14-26-43(45)54-46(39)42(30-35)53-40-25-13-12-23-37(40)44-36-22-11-10-17-32(36)27-28-41(44)53/h1-30H. The van der Waals surface area contributed by atoms with Gasteiger partial charge < -0.3 is 8.98 Å². The molecule has 0 fully saturated rings. The fraction of sp³-hybridized carbons (Fsp3) is 0. The third-order valence-corrected chi connectivity index (χ3v) is 10.4. The van der Waals surface area contributed by atoms with Gasteiger partial charge in [0.25, 0.3) is 0 Å². The highest BCUT2D eigenvalue weighted by molar-refractivity contribution is 6.22. The topological polar surface area (TPSA) is 56.7 Å². The highest BCUT2D eigenvalue weighted by atomic mass is 16.3. The van der Waals surface area contributed by atoms with Crippen LogP contribution >= 0.6 is 0 Å². The van der Waals surface area contributed by atoms with Crippen molar-refractivity contribution in [1.29, 1.82) is 0 Å². The molecule has 0 N–H and O–H groups in total. The molecule has 3 heterocycles. The van der Waals surface area contributed by atoms with E-state index in [1.54, 1.807) is 0 Å². The summed E-state index contributed by atoms with van der Waals surface area (Å²) >= 11 is 0. The van der Waals surface area contributed by atoms with E-state index in [0.717, 1.165) is 66.5 Å². The fourth-order valence-corrected chi connectivity index (χ4v) is 7.99. The zero-order valence-electron chi connectivity index (χ0n) is 29.0. The van der Waals surface area contributed by atoms with Gasteiger partial charge >= 0.3 is 0 Å². The number of hydrogen-bond acceptors (Lipinski definition) is 4. The Labute approximate surface area is 310 Å². The molecule has 0 saturated carbocycles. The monoisotopic (exact) mass is 690 g/mol. The largest absolute Gasteiger partial charge is 0.454 e. The average Bonchev–Trinajstić information content (AvgIpc) is 3.80. The van der Waals surface area contributed by atoms with Crippen molar-refractivity contribution in [2.24, 2.45) is 0 Å². The van der Waals surface area contributed by atoms with Crippen molar-refractivity contribution in [3.8, 4) is 51.0 Å². The smallest absolute Gasteiger partial charge is 0.164 e. The van der Waals surface area contributed by atoms with Crippen LogP contribution in [0.5, 0.6) is 0 Å². The zero-order chi connectivity index (χ0) is 35.6. The van der Waals surface area contributed by atoms with Gasteiger partial charge in [-0.05, 0) is 52.2 Å². The van der Waals surface area contributed by atoms with Crippen molar-refractivity contribution >= 4 is 54.5 Å². The predicted octanol–water partition coefficient (Wildman–Crippen LogP) is 12.7. The summed E-state index contributed by atoms with van der Waals surface area (Å²) in [6.07, 6.45) is 0. The van der Waals surface area contributed by atoms with E-state index >= 15 is 0 Å². The molecule has 11 aromatic rings. The quantitative estimate of drug-likeness (QED) is 0.180. The SMILES string of the molecule is c1ccc(-c2cc(-n3c4ccccc4c4c5ccccc5ccc43)c3oc4cccc(-c5nc(-c6ccccc6)nc(-c6ccccc6)n5)c4c3c2)cc1. The average molecular weight is 691 g/mol. The Morgan fingerprint density at radius 2 is 1.00 bits per heavy atom. The highest BCUT2D eigenvalue weighted by Gasteiger charge is 2.23. The van der Waals surface area contributed by atoms with Gasteiger partial charge in [0.05, 0.1) is 16.7 Å². The summed E-state index contributed by atoms with van der Waals surface area (Å²) in [4.78, 5) is 15.2. The number of rotatable bonds is 5. The van der Waals surface area contributed by atoms with Gasteiger partial charge in [-0.2, -0.15) is 0 Å². The molecule has 0 atom stereocenters. The summed E-state index contributed by atoms with van der Waals surface area (Å²) in [5.41, 5.74) is 9.73. The Hall–Kier alpha value is -7.37. The van der Waals surface area contributed by atoms with Crippen LogP contribution in [0, 0.1) is 0 Å². The molecule has 5 nitrogen and oxygen atoms in total. The van der Waals surface area contributed by atoms with E-state index in [-0.39, 0.29) is 0 Å². The minimum Gasteiger partial charge on any atom is -0.454 e. The Kier molecular flexibility index (Phi) is 6.79. The first-order valence-corrected chi connectivity index (χ1v) is 18.1. The van der Waals surface area contributed by atoms with Crippen molar-refractivity contribution in [3.63, 3.8) is 0 Å². The molecule has 5 heteroatoms. The summed E-state index contributed by atoms with van der Waals surface area (Å²) < 4.78 is 9.36. The molecule has 0 saturated heterocycles. The molecule has 8 aromatic carbocycles. The number of benzene rings is 8. The third kappa shape index (κ3) is 4.76. The maximum Gasteiger partial charge on any atom is 0.164 e. The molecule has 54 heavy (non-hydrogen) atoms. The first kappa shape index (κ1) is 30.3. The molecule has 11 rings (SSSR count). The van der Waals surface area contributed by atoms with Crippen molar-refractivity contribution in [2.45, 2.75) is 0 Å². The molecule has 0 unspecified atom stereocenters. The molecule has 0 radical (unpaired) electrons. The lowest BCUT2D eigenvalue weighted by molar-refractivity contribution is 0.666. The van der Waals surface area contributed by atoms with Gasteiger partial charge in [0.1, 0.15) is 5.58 Å². The van der Waals surface area contributed by atoms with Crippen LogP contribution in [0.1, 0.15) is 0 Å². The van der Waals surface area contributed by atoms with Crippen LogP contribution in [0.15, 0.2) is 186 Å². The van der Waals surface area contributed by atoms with Crippen LogP contribution in [-0.4, -0.2) is 19.5 Å². The number of aromatic nitrogens is 4. The molecule has 3 aromatic heterocycles. The predicted molar refractivity (Wildman–Crippen MR) is 221 cm³/mol. The van der Waals surface area contributed by atoms with Crippen molar-refractivity contribution in [1.82, 2.24) is 19.5 Å². The van der Waals surface area contributed by atoms with E-state index < -0.39 is 0 Å². The lowest BCUT2D eigenvalue weighted by Gasteiger charge is -2.12. The van der Waals surface area contributed by atoms with E-state index in [2.05, 4.69) is 114 Å². The second-order valence-electron chi connectivity index (χ2n) is 13.6. The Bertz CT molecular complexity index is 3140. The minimum atomic E-state index is 0.589. The van der Waals surface area contributed by atoms with Gasteiger partial charge in [-0.25, -0.2) is 15.0 Å². The molecule has 0 aliphatic heterocycles. The lowest BCUT2D eigenvalue weighted by atomic mass is 9.99. The normalized spacial score (nSPS) is 11.7. The minimum absolute atomic E-state index is 0.589. The molecule has 0 aliphatic rings. The second kappa shape index (κ2) is 12.1. The lowest BCUT2D eigenvalue weighted by Crippen LogP contribution is -2.00. The number of hydrogen-bond donors (Lipinski definition) is 0. The van der Waals surface area contributed by atoms with Crippen LogP contribution in [0.25, 0.3) is 105 Å². The van der Waals surface area contributed by atoms with Crippen LogP contribution in [0.2, 0.25) is 0 Å². The summed E-state index contributed by atoms with van der Waals surface area (Å²) in [5.74, 6) is 1.82. The fourth-order valence-electron chi connectivity index (χ4n) is 7.99. The number of nitrogens with zero attached hydrogens (tertiary/aromatic N) is 4. The second-order valence-corrected chi connectivity index (χ2v) is 13.6. The summed E-state index contributed by atoms with van der Waals surface area (Å²) in [7, 11) is 0. The van der Waals surface area contributed by atoms with Gasteiger partial charge in [-0.3, -0.25) is 0 Å². The third-order valence-electron chi connectivity index (χ3n) is 10.4. The Morgan fingerprint density at radius 3 is 1.72 bits per heavy atom. The van der Waals surface area contributed by atoms with Crippen LogP contribution in [0.3, 0.4) is 0 Å². The molecular weight excluding hydrogens is 661 g/mol. The summed E-state index contributed by atoms with van der Waals surface area (Å²) in [5, 5.41) is 6.82. The first-order valence-electron chi connectivity index (χ1n) is 18.1. The van der Waals surface area contributed by atoms with Crippen LogP contribution < -0.4 is 0 Å². The maximum atomic E-state index is 6.98. The molecular formula is C49H30N4O. The summed E-state index contributed by atoms with van der Waals surface area (Å²) in [6, 6.07) is 63.2. The maximum absolute atomic E-state index is 6.98. The number of para-hydroxylation sites is 1. The van der Waals surface area contributed by atoms with Crippen LogP contribution in [-0.2, 0) is 0 Å². The molecule has 0 amide bonds. The van der Waals surface area contributed by atoms with Crippen molar-refractivity contribution in [2.75, 3.05) is 0 Å². The van der Waals surface area contributed by atoms with E-state index in [9.17, 15) is 0 Å². The van der Waals surface area contributed by atoms with E-state index in [4.69, 9.17) is 19.4 Å². The van der Waals surface area contributed by atoms with Crippen LogP contribution in [0.4, 0.5) is 0 Å². The number of furan rings is 1. The van der Waals surface area contributed by atoms with Crippen molar-refractivity contribution in [3.05, 3.63) is 182 Å². The molecule has 0 bridgehead atoms. The first-order chi connectivity index (χ1) is 26.8. The summed E-state index contributed by atoms with van der Waals surface area (Å²) in [6.45, 7) is 0. The van der Waals surface area contributed by atoms with Gasteiger partial charge in [0.15, 0.2) is 23.1 Å². The molecule has 0 aliphatic carbocycles. The molecule has 252 valence electrons. The van der Waals surface area contributed by atoms with Gasteiger partial charge in [0.2, 0.25) is 0 Å². The van der Waals surface area contributed by atoms with Gasteiger partial charge in [-0.1, -0.05) is 152 Å². The Morgan fingerprint density at radius 1 is 0.389 bits per heavy atom.